The van der Waals surface area contributed by atoms with E-state index in [0.29, 0.717) is 159 Å². The molecule has 4 aromatic heterocycles. The van der Waals surface area contributed by atoms with E-state index in [4.69, 9.17) is 41.8 Å². The van der Waals surface area contributed by atoms with Crippen LogP contribution in [0.3, 0.4) is 0 Å². The van der Waals surface area contributed by atoms with Gasteiger partial charge in [-0.2, -0.15) is 41.0 Å². The smallest absolute Gasteiger partial charge is 0.318 e. The molecule has 29 heteroatoms. The van der Waals surface area contributed by atoms with E-state index in [-0.39, 0.29) is 48.6 Å². The van der Waals surface area contributed by atoms with Crippen molar-refractivity contribution < 1.29 is 51.4 Å². The van der Waals surface area contributed by atoms with Crippen molar-refractivity contribution in [2.24, 2.45) is 0 Å². The Labute approximate surface area is 756 Å². The molecule has 4 atom stereocenters. The van der Waals surface area contributed by atoms with Crippen LogP contribution in [0.25, 0.3) is 91.4 Å². The Morgan fingerprint density at radius 1 is 0.400 bits per heavy atom. The summed E-state index contributed by atoms with van der Waals surface area (Å²) in [6.45, 7) is 26.9. The third-order valence-corrected chi connectivity index (χ3v) is 23.3. The van der Waals surface area contributed by atoms with Crippen molar-refractivity contribution in [3.8, 4) is 139 Å². The van der Waals surface area contributed by atoms with E-state index in [2.05, 4.69) is 143 Å². The molecule has 4 amide bonds. The summed E-state index contributed by atoms with van der Waals surface area (Å²) >= 11 is 0. The molecule has 0 radical (unpaired) electrons. The fourth-order valence-electron chi connectivity index (χ4n) is 17.4. The van der Waals surface area contributed by atoms with Gasteiger partial charge in [-0.05, 0) is 256 Å². The van der Waals surface area contributed by atoms with E-state index in [1.165, 1.54) is 28.7 Å². The highest BCUT2D eigenvalue weighted by Gasteiger charge is 2.35. The number of morpholine rings is 1. The molecule has 4 aliphatic carbocycles. The number of benzene rings is 8. The highest BCUT2D eigenvalue weighted by molar-refractivity contribution is 5.78. The number of carbonyl (C=O) groups is 2. The predicted octanol–water partition coefficient (Wildman–Crippen LogP) is 19.4. The third-order valence-electron chi connectivity index (χ3n) is 23.3. The summed E-state index contributed by atoms with van der Waals surface area (Å²) in [6, 6.07) is 55.6. The molecule has 2 aliphatic heterocycles. The van der Waals surface area contributed by atoms with Gasteiger partial charge in [-0.1, -0.05) is 114 Å². The fraction of sp³-hybridized carbons (Fsp3) is 0.386. The van der Waals surface area contributed by atoms with Gasteiger partial charge in [0.05, 0.1) is 72.0 Å². The second-order valence-corrected chi connectivity index (χ2v) is 34.3. The highest BCUT2D eigenvalue weighted by Crippen LogP contribution is 2.44. The van der Waals surface area contributed by atoms with Crippen molar-refractivity contribution in [2.75, 3.05) is 45.9 Å². The van der Waals surface area contributed by atoms with E-state index < -0.39 is 0 Å². The SMILES string of the molecule is CC(C)N[C@H]1CCc2c(-c3noc(-c4ccc(OC(C)C)c(C#N)c4)n3)cccc21.CC(C)Oc1ccc(-c2nc(-c3cccc4c3CC[C@@H]4NC(=O)N3CCOCC3)no2)cc1C#N.CC(C)Oc1ccc(-c2nc(-c3cccc4c3CC[C@H]4NC(=O)N3CCCCC3)no2)cc1C#N.CCCN[C@H]1CCc2c(-c3noc(-c4ccc(OC(C)C)c(C#N)c4)n3)cccc21. The third kappa shape index (κ3) is 21.2. The predicted molar refractivity (Wildman–Crippen MR) is 488 cm³/mol. The number of nitrogens with zero attached hydrogens (tertiary/aromatic N) is 14. The number of fused-ring (bicyclic) bond motifs is 4. The highest BCUT2D eigenvalue weighted by atomic mass is 16.5. The molecule has 8 aromatic carbocycles. The average Bonchev–Trinajstić information content (AvgIpc) is 1.64. The molecule has 2 saturated heterocycles. The maximum atomic E-state index is 12.8. The molecule has 668 valence electrons. The minimum absolute atomic E-state index is 0.00576. The van der Waals surface area contributed by atoms with Gasteiger partial charge in [-0.15, -0.1) is 0 Å². The van der Waals surface area contributed by atoms with E-state index in [1.54, 1.807) is 53.4 Å². The van der Waals surface area contributed by atoms with Crippen LogP contribution in [0, 0.1) is 45.3 Å². The van der Waals surface area contributed by atoms with Gasteiger partial charge in [-0.25, -0.2) is 9.59 Å². The second kappa shape index (κ2) is 41.8. The summed E-state index contributed by atoms with van der Waals surface area (Å²) < 4.78 is 50.4. The molecule has 12 aromatic rings. The average molecular weight is 1750 g/mol. The number of urea groups is 2. The molecular weight excluding hydrogens is 1640 g/mol. The van der Waals surface area contributed by atoms with Crippen molar-refractivity contribution >= 4 is 12.1 Å². The monoisotopic (exact) mass is 1750 g/mol. The first-order valence-corrected chi connectivity index (χ1v) is 45.0. The number of amides is 4. The quantitative estimate of drug-likeness (QED) is 0.0462. The summed E-state index contributed by atoms with van der Waals surface area (Å²) in [5.74, 6) is 5.79. The van der Waals surface area contributed by atoms with Crippen LogP contribution in [0.15, 0.2) is 164 Å². The standard InChI is InChI=1S/C27H29N5O3.C26H27N5O4.2C24H26N4O2/c1-17(2)34-24-12-9-18(15-19(24)16-28)26-30-25(31-35-26)22-8-6-7-21-20(22)10-11-23(21)29-27(33)32-13-4-3-5-14-32;1-16(2)34-23-9-6-17(14-18(23)15-27)25-29-24(30-35-25)21-5-3-4-20-19(21)7-8-22(20)28-26(32)31-10-12-33-13-11-31;1-14(2)26-21-10-9-18-19(21)6-5-7-20(18)23-27-24(30-28-23)16-8-11-22(29-15(3)4)17(12-16)13-25;1-4-12-26-21-10-9-18-19(21)6-5-7-20(18)23-27-24(30-28-23)16-8-11-22(29-15(2)3)17(13-16)14-25/h6-9,12,15,17,23H,3-5,10-11,13-14H2,1-2H3,(H,29,33);3-6,9,14,16,22H,7-8,10-13H2,1-2H3,(H,28,32);5-8,11-12,14-15,21,26H,9-10H2,1-4H3;5-8,11,13,15,21,26H,4,9-10,12H2,1-3H3/t23-;22-;2*21-/m1000/s1. The Morgan fingerprint density at radius 3 is 1.01 bits per heavy atom. The number of nitriles is 4. The van der Waals surface area contributed by atoms with Gasteiger partial charge in [0.2, 0.25) is 23.3 Å². The normalized spacial score (nSPS) is 16.3. The number of likely N-dealkylation sites (tertiary alicyclic amines) is 1. The molecule has 6 heterocycles. The van der Waals surface area contributed by atoms with E-state index in [9.17, 15) is 30.6 Å². The lowest BCUT2D eigenvalue weighted by Gasteiger charge is -2.28. The lowest BCUT2D eigenvalue weighted by molar-refractivity contribution is 0.0525. The van der Waals surface area contributed by atoms with Gasteiger partial charge in [0.15, 0.2) is 0 Å². The van der Waals surface area contributed by atoms with Crippen LogP contribution >= 0.6 is 0 Å². The van der Waals surface area contributed by atoms with Crippen LogP contribution in [0.2, 0.25) is 0 Å². The van der Waals surface area contributed by atoms with Crippen molar-refractivity contribution in [3.05, 3.63) is 212 Å². The molecule has 4 N–H and O–H groups in total. The molecule has 0 unspecified atom stereocenters. The first kappa shape index (κ1) is 90.7. The summed E-state index contributed by atoms with van der Waals surface area (Å²) in [5.41, 5.74) is 17.9. The summed E-state index contributed by atoms with van der Waals surface area (Å²) in [4.78, 5) is 47.7. The molecule has 0 bridgehead atoms. The maximum Gasteiger partial charge on any atom is 0.318 e. The van der Waals surface area contributed by atoms with E-state index in [1.807, 2.05) is 121 Å². The maximum absolute atomic E-state index is 12.8. The van der Waals surface area contributed by atoms with Crippen LogP contribution in [0.1, 0.15) is 218 Å². The first-order chi connectivity index (χ1) is 63.1. The molecule has 0 spiro atoms. The van der Waals surface area contributed by atoms with Crippen LogP contribution in [-0.2, 0) is 30.4 Å². The molecular formula is C101H108N18O11. The molecule has 6 aliphatic rings. The number of piperidine rings is 1. The number of hydrogen-bond donors (Lipinski definition) is 4. The fourth-order valence-corrected chi connectivity index (χ4v) is 17.4. The Morgan fingerprint density at radius 2 is 0.700 bits per heavy atom. The van der Waals surface area contributed by atoms with Gasteiger partial charge >= 0.3 is 12.1 Å². The van der Waals surface area contributed by atoms with Crippen molar-refractivity contribution in [2.45, 2.75) is 208 Å². The zero-order valence-electron chi connectivity index (χ0n) is 75.2. The van der Waals surface area contributed by atoms with Crippen LogP contribution in [0.4, 0.5) is 9.59 Å². The Balaban J connectivity index is 0.000000133. The first-order valence-electron chi connectivity index (χ1n) is 45.0. The Kier molecular flexibility index (Phi) is 29.1. The van der Waals surface area contributed by atoms with Crippen LogP contribution in [-0.4, -0.2) is 139 Å². The molecule has 130 heavy (non-hydrogen) atoms. The number of hydrogen-bond acceptors (Lipinski definition) is 25. The Hall–Kier alpha value is -14.1. The second-order valence-electron chi connectivity index (χ2n) is 34.3. The number of ether oxygens (including phenoxy) is 5. The number of nitrogens with one attached hydrogen (secondary N) is 4. The minimum Gasteiger partial charge on any atom is -0.490 e. The summed E-state index contributed by atoms with van der Waals surface area (Å²) in [5, 5.41) is 68.6. The largest absolute Gasteiger partial charge is 0.490 e. The molecule has 29 nitrogen and oxygen atoms in total. The molecule has 18 rings (SSSR count). The summed E-state index contributed by atoms with van der Waals surface area (Å²) in [6.07, 6.45) is 11.8. The number of rotatable bonds is 23. The van der Waals surface area contributed by atoms with Crippen molar-refractivity contribution in [3.63, 3.8) is 0 Å². The zero-order chi connectivity index (χ0) is 91.1. The minimum atomic E-state index is -0.0587. The van der Waals surface area contributed by atoms with Gasteiger partial charge in [0.1, 0.15) is 47.3 Å². The van der Waals surface area contributed by atoms with Crippen molar-refractivity contribution in [1.82, 2.24) is 71.6 Å². The van der Waals surface area contributed by atoms with Gasteiger partial charge in [-0.3, -0.25) is 0 Å². The van der Waals surface area contributed by atoms with E-state index in [0.717, 1.165) is 135 Å². The number of aromatic nitrogens is 8. The van der Waals surface area contributed by atoms with Gasteiger partial charge in [0, 0.05) is 88.8 Å². The van der Waals surface area contributed by atoms with Crippen LogP contribution in [0.5, 0.6) is 23.0 Å². The van der Waals surface area contributed by atoms with Crippen molar-refractivity contribution in [1.29, 1.82) is 21.0 Å². The Bertz CT molecular complexity index is 6010. The van der Waals surface area contributed by atoms with Gasteiger partial charge in [0.25, 0.3) is 23.6 Å². The lowest BCUT2D eigenvalue weighted by atomic mass is 10.0. The topological polar surface area (TPSA) is 386 Å². The molecule has 2 fully saturated rings. The number of carbonyl (C=O) groups excluding carboxylic acids is 2. The van der Waals surface area contributed by atoms with Crippen LogP contribution < -0.4 is 40.2 Å². The summed E-state index contributed by atoms with van der Waals surface area (Å²) in [7, 11) is 0. The van der Waals surface area contributed by atoms with E-state index >= 15 is 0 Å². The lowest BCUT2D eigenvalue weighted by Crippen LogP contribution is -2.46. The molecule has 0 saturated carbocycles. The zero-order valence-corrected chi connectivity index (χ0v) is 75.2. The van der Waals surface area contributed by atoms with Gasteiger partial charge < -0.3 is 72.8 Å².